The fourth-order valence-corrected chi connectivity index (χ4v) is 0.970. The lowest BCUT2D eigenvalue weighted by atomic mass is 10.3. The Hall–Kier alpha value is -0.580. The van der Waals surface area contributed by atoms with Crippen molar-refractivity contribution in [2.45, 2.75) is 0 Å². The number of hydrogen-bond acceptors (Lipinski definition) is 2. The summed E-state index contributed by atoms with van der Waals surface area (Å²) in [6.07, 6.45) is 0. The molecule has 2 nitrogen and oxygen atoms in total. The summed E-state index contributed by atoms with van der Waals surface area (Å²) in [6, 6.07) is 1.71. The van der Waals surface area contributed by atoms with E-state index in [1.54, 1.807) is 0 Å². The van der Waals surface area contributed by atoms with E-state index < -0.39 is 11.6 Å². The van der Waals surface area contributed by atoms with Gasteiger partial charge < -0.3 is 10.5 Å². The zero-order valence-electron chi connectivity index (χ0n) is 7.10. The lowest BCUT2D eigenvalue weighted by Gasteiger charge is -2.06. The zero-order chi connectivity index (χ0) is 9.84. The minimum absolute atomic E-state index is 0. The van der Waals surface area contributed by atoms with Crippen LogP contribution in [0.2, 0.25) is 5.02 Å². The van der Waals surface area contributed by atoms with Gasteiger partial charge in [-0.05, 0) is 0 Å². The van der Waals surface area contributed by atoms with Gasteiger partial charge >= 0.3 is 0 Å². The average Bonchev–Trinajstić information content (AvgIpc) is 2.09. The van der Waals surface area contributed by atoms with Crippen LogP contribution in [0.4, 0.5) is 8.78 Å². The summed E-state index contributed by atoms with van der Waals surface area (Å²) in [5.41, 5.74) is 5.15. The molecule has 1 aromatic carbocycles. The van der Waals surface area contributed by atoms with E-state index in [2.05, 4.69) is 0 Å². The Morgan fingerprint density at radius 3 is 2.57 bits per heavy atom. The zero-order valence-corrected chi connectivity index (χ0v) is 8.67. The number of nitrogens with two attached hydrogens (primary N) is 1. The SMILES string of the molecule is Cl.NCCOc1cc(F)cc(F)c1Cl. The van der Waals surface area contributed by atoms with Crippen molar-refractivity contribution >= 4 is 24.0 Å². The largest absolute Gasteiger partial charge is 0.490 e. The molecule has 0 radical (unpaired) electrons. The van der Waals surface area contributed by atoms with Crippen LogP contribution in [0.15, 0.2) is 12.1 Å². The lowest BCUT2D eigenvalue weighted by Crippen LogP contribution is -2.11. The standard InChI is InChI=1S/C8H8ClF2NO.ClH/c9-8-6(11)3-5(10)4-7(8)13-2-1-12;/h3-4H,1-2,12H2;1H. The average molecular weight is 244 g/mol. The molecule has 6 heteroatoms. The topological polar surface area (TPSA) is 35.2 Å². The van der Waals surface area contributed by atoms with Gasteiger partial charge in [-0.25, -0.2) is 8.78 Å². The first-order valence-electron chi connectivity index (χ1n) is 3.62. The monoisotopic (exact) mass is 243 g/mol. The Morgan fingerprint density at radius 1 is 1.36 bits per heavy atom. The van der Waals surface area contributed by atoms with Crippen LogP contribution in [-0.2, 0) is 0 Å². The van der Waals surface area contributed by atoms with E-state index in [1.165, 1.54) is 0 Å². The summed E-state index contributed by atoms with van der Waals surface area (Å²) in [7, 11) is 0. The van der Waals surface area contributed by atoms with Crippen LogP contribution in [0, 0.1) is 11.6 Å². The molecule has 0 unspecified atom stereocenters. The molecule has 0 aliphatic heterocycles. The molecule has 0 saturated heterocycles. The quantitative estimate of drug-likeness (QED) is 0.828. The van der Waals surface area contributed by atoms with E-state index in [1.807, 2.05) is 0 Å². The first-order valence-corrected chi connectivity index (χ1v) is 4.00. The van der Waals surface area contributed by atoms with Crippen LogP contribution in [0.25, 0.3) is 0 Å². The Balaban J connectivity index is 0.00000169. The van der Waals surface area contributed by atoms with E-state index >= 15 is 0 Å². The third kappa shape index (κ3) is 3.29. The van der Waals surface area contributed by atoms with Gasteiger partial charge in [-0.3, -0.25) is 0 Å². The van der Waals surface area contributed by atoms with Crippen LogP contribution >= 0.6 is 24.0 Å². The van der Waals surface area contributed by atoms with Crippen LogP contribution < -0.4 is 10.5 Å². The van der Waals surface area contributed by atoms with Gasteiger partial charge in [0.05, 0.1) is 0 Å². The predicted octanol–water partition coefficient (Wildman–Crippen LogP) is 2.38. The summed E-state index contributed by atoms with van der Waals surface area (Å²) < 4.78 is 30.3. The van der Waals surface area contributed by atoms with Crippen LogP contribution in [0.3, 0.4) is 0 Å². The maximum atomic E-state index is 12.8. The number of halogens is 4. The van der Waals surface area contributed by atoms with Crippen LogP contribution in [0.1, 0.15) is 0 Å². The molecular weight excluding hydrogens is 235 g/mol. The number of benzene rings is 1. The second kappa shape index (κ2) is 6.01. The molecule has 0 aromatic heterocycles. The molecule has 1 rings (SSSR count). The molecule has 0 spiro atoms. The van der Waals surface area contributed by atoms with Gasteiger partial charge in [-0.15, -0.1) is 12.4 Å². The van der Waals surface area contributed by atoms with Gasteiger partial charge in [0, 0.05) is 18.7 Å². The summed E-state index contributed by atoms with van der Waals surface area (Å²) in [5, 5.41) is -0.227. The van der Waals surface area contributed by atoms with Gasteiger partial charge in [0.2, 0.25) is 0 Å². The van der Waals surface area contributed by atoms with Gasteiger partial charge in [-0.1, -0.05) is 11.6 Å². The maximum absolute atomic E-state index is 12.8. The normalized spacial score (nSPS) is 9.43. The smallest absolute Gasteiger partial charge is 0.148 e. The summed E-state index contributed by atoms with van der Waals surface area (Å²) in [5.74, 6) is -1.59. The molecule has 0 heterocycles. The van der Waals surface area contributed by atoms with Crippen molar-refractivity contribution in [3.8, 4) is 5.75 Å². The molecule has 0 bridgehead atoms. The van der Waals surface area contributed by atoms with Crippen molar-refractivity contribution in [3.05, 3.63) is 28.8 Å². The summed E-state index contributed by atoms with van der Waals surface area (Å²) in [6.45, 7) is 0.428. The fourth-order valence-electron chi connectivity index (χ4n) is 0.806. The second-order valence-corrected chi connectivity index (χ2v) is 2.71. The molecule has 1 aromatic rings. The summed E-state index contributed by atoms with van der Waals surface area (Å²) >= 11 is 5.49. The number of ether oxygens (including phenoxy) is 1. The predicted molar refractivity (Wildman–Crippen MR) is 53.2 cm³/mol. The number of rotatable bonds is 3. The molecule has 0 aliphatic rings. The lowest BCUT2D eigenvalue weighted by molar-refractivity contribution is 0.324. The van der Waals surface area contributed by atoms with Crippen molar-refractivity contribution < 1.29 is 13.5 Å². The molecule has 0 amide bonds. The highest BCUT2D eigenvalue weighted by Crippen LogP contribution is 2.28. The van der Waals surface area contributed by atoms with Crippen molar-refractivity contribution in [2.24, 2.45) is 5.73 Å². The van der Waals surface area contributed by atoms with E-state index in [9.17, 15) is 8.78 Å². The molecule has 80 valence electrons. The molecule has 0 aliphatic carbocycles. The van der Waals surface area contributed by atoms with Crippen molar-refractivity contribution in [1.29, 1.82) is 0 Å². The Kier molecular flexibility index (Phi) is 5.76. The Morgan fingerprint density at radius 2 is 2.00 bits per heavy atom. The number of hydrogen-bond donors (Lipinski definition) is 1. The first kappa shape index (κ1) is 13.4. The Labute approximate surface area is 91.4 Å². The first-order chi connectivity index (χ1) is 6.15. The molecule has 0 fully saturated rings. The highest BCUT2D eigenvalue weighted by molar-refractivity contribution is 6.32. The second-order valence-electron chi connectivity index (χ2n) is 2.34. The van der Waals surface area contributed by atoms with Crippen molar-refractivity contribution in [1.82, 2.24) is 0 Å². The minimum atomic E-state index is -0.839. The highest BCUT2D eigenvalue weighted by Gasteiger charge is 2.09. The maximum Gasteiger partial charge on any atom is 0.148 e. The fraction of sp³-hybridized carbons (Fsp3) is 0.250. The van der Waals surface area contributed by atoms with Gasteiger partial charge in [0.15, 0.2) is 0 Å². The molecular formula is C8H9Cl2F2NO. The minimum Gasteiger partial charge on any atom is -0.490 e. The van der Waals surface area contributed by atoms with Crippen LogP contribution in [0.5, 0.6) is 5.75 Å². The van der Waals surface area contributed by atoms with Gasteiger partial charge in [0.25, 0.3) is 0 Å². The van der Waals surface area contributed by atoms with Crippen molar-refractivity contribution in [2.75, 3.05) is 13.2 Å². The van der Waals surface area contributed by atoms with E-state index in [4.69, 9.17) is 22.1 Å². The van der Waals surface area contributed by atoms with Crippen LogP contribution in [-0.4, -0.2) is 13.2 Å². The van der Waals surface area contributed by atoms with Crippen molar-refractivity contribution in [3.63, 3.8) is 0 Å². The molecule has 14 heavy (non-hydrogen) atoms. The Bertz CT molecular complexity index is 310. The van der Waals surface area contributed by atoms with Gasteiger partial charge in [-0.2, -0.15) is 0 Å². The van der Waals surface area contributed by atoms with E-state index in [-0.39, 0.29) is 36.3 Å². The molecule has 0 atom stereocenters. The van der Waals surface area contributed by atoms with Gasteiger partial charge in [0.1, 0.15) is 29.0 Å². The summed E-state index contributed by atoms with van der Waals surface area (Å²) in [4.78, 5) is 0. The highest BCUT2D eigenvalue weighted by atomic mass is 35.5. The van der Waals surface area contributed by atoms with E-state index in [0.29, 0.717) is 6.07 Å². The third-order valence-electron chi connectivity index (χ3n) is 1.34. The third-order valence-corrected chi connectivity index (χ3v) is 1.70. The van der Waals surface area contributed by atoms with E-state index in [0.717, 1.165) is 6.07 Å². The molecule has 0 saturated carbocycles. The molecule has 2 N–H and O–H groups in total.